The summed E-state index contributed by atoms with van der Waals surface area (Å²) in [6.45, 7) is 1.96. The van der Waals surface area contributed by atoms with Crippen LogP contribution in [0.1, 0.15) is 44.2 Å². The second-order valence-corrected chi connectivity index (χ2v) is 7.42. The first kappa shape index (κ1) is 22.7. The third-order valence-corrected chi connectivity index (χ3v) is 5.14. The van der Waals surface area contributed by atoms with Gasteiger partial charge in [-0.2, -0.15) is 0 Å². The quantitative estimate of drug-likeness (QED) is 0.579. The Morgan fingerprint density at radius 2 is 1.59 bits per heavy atom. The fourth-order valence-corrected chi connectivity index (χ4v) is 3.55. The van der Waals surface area contributed by atoms with Gasteiger partial charge in [-0.05, 0) is 56.0 Å². The van der Waals surface area contributed by atoms with Crippen molar-refractivity contribution in [1.29, 1.82) is 0 Å². The molecule has 0 saturated heterocycles. The van der Waals surface area contributed by atoms with Crippen LogP contribution >= 0.6 is 12.4 Å². The van der Waals surface area contributed by atoms with Crippen molar-refractivity contribution in [2.75, 3.05) is 10.6 Å². The zero-order valence-corrected chi connectivity index (χ0v) is 17.4. The third kappa shape index (κ3) is 6.76. The highest BCUT2D eigenvalue weighted by Gasteiger charge is 2.26. The molecular weight excluding hydrogens is 388 g/mol. The highest BCUT2D eigenvalue weighted by Crippen LogP contribution is 2.24. The fourth-order valence-electron chi connectivity index (χ4n) is 3.55. The van der Waals surface area contributed by atoms with Crippen LogP contribution in [0, 0.1) is 5.92 Å². The molecule has 3 rings (SSSR count). The van der Waals surface area contributed by atoms with Crippen LogP contribution in [0.2, 0.25) is 0 Å². The van der Waals surface area contributed by atoms with Gasteiger partial charge >= 0.3 is 6.03 Å². The van der Waals surface area contributed by atoms with Crippen LogP contribution in [-0.2, 0) is 4.79 Å². The number of nitrogens with two attached hydrogens (primary N) is 1. The van der Waals surface area contributed by atoms with Gasteiger partial charge in [-0.3, -0.25) is 4.79 Å². The predicted octanol–water partition coefficient (Wildman–Crippen LogP) is 4.45. The van der Waals surface area contributed by atoms with E-state index in [1.54, 1.807) is 0 Å². The van der Waals surface area contributed by atoms with E-state index in [0.29, 0.717) is 5.69 Å². The first-order valence-electron chi connectivity index (χ1n) is 9.80. The number of rotatable bonds is 5. The summed E-state index contributed by atoms with van der Waals surface area (Å²) >= 11 is 0. The van der Waals surface area contributed by atoms with E-state index in [0.717, 1.165) is 36.9 Å². The maximum atomic E-state index is 12.5. The minimum atomic E-state index is -0.297. The Morgan fingerprint density at radius 3 is 2.21 bits per heavy atom. The van der Waals surface area contributed by atoms with E-state index in [1.165, 1.54) is 0 Å². The summed E-state index contributed by atoms with van der Waals surface area (Å²) in [5.41, 5.74) is 8.40. The molecule has 6 nitrogen and oxygen atoms in total. The number of carbonyl (C=O) groups is 2. The van der Waals surface area contributed by atoms with E-state index in [4.69, 9.17) is 5.73 Å². The highest BCUT2D eigenvalue weighted by molar-refractivity contribution is 5.99. The Balaban J connectivity index is 0.00000300. The molecule has 1 fully saturated rings. The van der Waals surface area contributed by atoms with Crippen molar-refractivity contribution in [1.82, 2.24) is 5.32 Å². The molecule has 0 radical (unpaired) electrons. The lowest BCUT2D eigenvalue weighted by Crippen LogP contribution is -2.38. The molecule has 1 aliphatic carbocycles. The minimum Gasteiger partial charge on any atom is -0.349 e. The van der Waals surface area contributed by atoms with Gasteiger partial charge < -0.3 is 21.7 Å². The summed E-state index contributed by atoms with van der Waals surface area (Å²) in [6, 6.07) is 16.5. The van der Waals surface area contributed by atoms with Crippen molar-refractivity contribution in [2.24, 2.45) is 11.7 Å². The van der Waals surface area contributed by atoms with Crippen molar-refractivity contribution in [3.8, 4) is 0 Å². The van der Waals surface area contributed by atoms with Crippen LogP contribution < -0.4 is 21.7 Å². The van der Waals surface area contributed by atoms with E-state index in [9.17, 15) is 9.59 Å². The number of carbonyl (C=O) groups excluding carboxylic acids is 2. The lowest BCUT2D eigenvalue weighted by atomic mass is 9.85. The Labute approximate surface area is 178 Å². The van der Waals surface area contributed by atoms with Crippen molar-refractivity contribution < 1.29 is 9.59 Å². The Morgan fingerprint density at radius 1 is 0.966 bits per heavy atom. The van der Waals surface area contributed by atoms with Crippen LogP contribution in [0.5, 0.6) is 0 Å². The molecule has 2 aromatic rings. The second-order valence-electron chi connectivity index (χ2n) is 7.42. The molecule has 3 amide bonds. The number of urea groups is 1. The lowest BCUT2D eigenvalue weighted by Gasteiger charge is -2.27. The van der Waals surface area contributed by atoms with E-state index < -0.39 is 0 Å². The van der Waals surface area contributed by atoms with Crippen LogP contribution in [0.15, 0.2) is 54.6 Å². The van der Waals surface area contributed by atoms with Gasteiger partial charge in [-0.25, -0.2) is 4.79 Å². The molecule has 29 heavy (non-hydrogen) atoms. The third-order valence-electron chi connectivity index (χ3n) is 5.14. The number of benzene rings is 2. The molecule has 0 aliphatic heterocycles. The molecule has 5 N–H and O–H groups in total. The smallest absolute Gasteiger partial charge is 0.323 e. The molecule has 1 saturated carbocycles. The molecule has 0 heterocycles. The minimum absolute atomic E-state index is 0. The summed E-state index contributed by atoms with van der Waals surface area (Å²) in [7, 11) is 0. The maximum absolute atomic E-state index is 12.5. The van der Waals surface area contributed by atoms with Crippen LogP contribution in [-0.4, -0.2) is 18.0 Å². The zero-order chi connectivity index (χ0) is 19.9. The Hall–Kier alpha value is -2.57. The number of para-hydroxylation sites is 1. The SMILES string of the molecule is CC(NC(=O)C1CCCC(N)C1)c1ccc(NC(=O)Nc2ccccc2)cc1.Cl. The van der Waals surface area contributed by atoms with Gasteiger partial charge in [-0.15, -0.1) is 12.4 Å². The average molecular weight is 417 g/mol. The number of hydrogen-bond acceptors (Lipinski definition) is 3. The molecule has 0 bridgehead atoms. The summed E-state index contributed by atoms with van der Waals surface area (Å²) < 4.78 is 0. The van der Waals surface area contributed by atoms with Crippen molar-refractivity contribution in [2.45, 2.75) is 44.7 Å². The maximum Gasteiger partial charge on any atom is 0.323 e. The van der Waals surface area contributed by atoms with Gasteiger partial charge in [0.2, 0.25) is 5.91 Å². The lowest BCUT2D eigenvalue weighted by molar-refractivity contribution is -0.126. The molecule has 3 atom stereocenters. The first-order chi connectivity index (χ1) is 13.5. The van der Waals surface area contributed by atoms with Crippen molar-refractivity contribution in [3.63, 3.8) is 0 Å². The van der Waals surface area contributed by atoms with Crippen LogP contribution in [0.4, 0.5) is 16.2 Å². The topological polar surface area (TPSA) is 96.2 Å². The average Bonchev–Trinajstić information content (AvgIpc) is 2.69. The zero-order valence-electron chi connectivity index (χ0n) is 16.6. The van der Waals surface area contributed by atoms with Crippen molar-refractivity contribution >= 4 is 35.7 Å². The van der Waals surface area contributed by atoms with Crippen LogP contribution in [0.25, 0.3) is 0 Å². The number of anilines is 2. The predicted molar refractivity (Wildman–Crippen MR) is 119 cm³/mol. The molecular formula is C22H29ClN4O2. The second kappa shape index (κ2) is 10.8. The summed E-state index contributed by atoms with van der Waals surface area (Å²) in [4.78, 5) is 24.5. The molecule has 156 valence electrons. The number of hydrogen-bond donors (Lipinski definition) is 4. The molecule has 7 heteroatoms. The monoisotopic (exact) mass is 416 g/mol. The summed E-state index contributed by atoms with van der Waals surface area (Å²) in [5.74, 6) is 0.0842. The molecule has 0 spiro atoms. The summed E-state index contributed by atoms with van der Waals surface area (Å²) in [5, 5.41) is 8.66. The Bertz CT molecular complexity index is 798. The van der Waals surface area contributed by atoms with Crippen molar-refractivity contribution in [3.05, 3.63) is 60.2 Å². The van der Waals surface area contributed by atoms with Gasteiger partial charge in [0.1, 0.15) is 0 Å². The molecule has 0 aromatic heterocycles. The van der Waals surface area contributed by atoms with E-state index >= 15 is 0 Å². The molecule has 1 aliphatic rings. The van der Waals surface area contributed by atoms with Gasteiger partial charge in [-0.1, -0.05) is 36.8 Å². The largest absolute Gasteiger partial charge is 0.349 e. The van der Waals surface area contributed by atoms with E-state index in [2.05, 4.69) is 16.0 Å². The van der Waals surface area contributed by atoms with Gasteiger partial charge in [0, 0.05) is 23.3 Å². The fraction of sp³-hybridized carbons (Fsp3) is 0.364. The summed E-state index contributed by atoms with van der Waals surface area (Å²) in [6.07, 6.45) is 3.69. The normalized spacial score (nSPS) is 19.4. The standard InChI is InChI=1S/C22H28N4O2.ClH/c1-15(24-21(27)17-6-5-7-18(23)14-17)16-10-12-20(13-11-16)26-22(28)25-19-8-3-2-4-9-19;/h2-4,8-13,15,17-18H,5-7,14,23H2,1H3,(H,24,27)(H2,25,26,28);1H. The van der Waals surface area contributed by atoms with E-state index in [1.807, 2.05) is 61.5 Å². The number of nitrogens with one attached hydrogen (secondary N) is 3. The number of halogens is 1. The molecule has 3 unspecified atom stereocenters. The highest BCUT2D eigenvalue weighted by atomic mass is 35.5. The Kier molecular flexibility index (Phi) is 8.49. The molecule has 2 aromatic carbocycles. The first-order valence-corrected chi connectivity index (χ1v) is 9.80. The van der Waals surface area contributed by atoms with Gasteiger partial charge in [0.25, 0.3) is 0 Å². The van der Waals surface area contributed by atoms with E-state index in [-0.39, 0.29) is 42.3 Å². The van der Waals surface area contributed by atoms with Gasteiger partial charge in [0.05, 0.1) is 6.04 Å². The number of amides is 3. The van der Waals surface area contributed by atoms with Gasteiger partial charge in [0.15, 0.2) is 0 Å². The van der Waals surface area contributed by atoms with Crippen LogP contribution in [0.3, 0.4) is 0 Å².